The van der Waals surface area contributed by atoms with Gasteiger partial charge in [0.15, 0.2) is 0 Å². The normalized spacial score (nSPS) is 17.0. The Bertz CT molecular complexity index is 668. The summed E-state index contributed by atoms with van der Waals surface area (Å²) in [6.07, 6.45) is 2.80. The van der Waals surface area contributed by atoms with E-state index in [1.54, 1.807) is 11.3 Å². The molecule has 0 saturated carbocycles. The number of nitrogens with one attached hydrogen (secondary N) is 2. The summed E-state index contributed by atoms with van der Waals surface area (Å²) in [5.41, 5.74) is 1.89. The van der Waals surface area contributed by atoms with Crippen molar-refractivity contribution in [2.24, 2.45) is 0 Å². The maximum Gasteiger partial charge on any atom is 0.231 e. The summed E-state index contributed by atoms with van der Waals surface area (Å²) in [7, 11) is 2.03. The van der Waals surface area contributed by atoms with Crippen LogP contribution in [0.2, 0.25) is 0 Å². The average Bonchev–Trinajstić information content (AvgIpc) is 3.02. The van der Waals surface area contributed by atoms with Gasteiger partial charge in [0.2, 0.25) is 5.91 Å². The second-order valence-electron chi connectivity index (χ2n) is 6.19. The van der Waals surface area contributed by atoms with E-state index in [0.29, 0.717) is 12.5 Å². The summed E-state index contributed by atoms with van der Waals surface area (Å²) < 4.78 is 0. The van der Waals surface area contributed by atoms with Crippen molar-refractivity contribution in [3.8, 4) is 0 Å². The van der Waals surface area contributed by atoms with Crippen LogP contribution in [-0.2, 0) is 17.8 Å². The van der Waals surface area contributed by atoms with Gasteiger partial charge in [-0.3, -0.25) is 9.69 Å². The number of piperidine rings is 1. The predicted molar refractivity (Wildman–Crippen MR) is 113 cm³/mol. The Morgan fingerprint density at radius 3 is 2.81 bits per heavy atom. The fourth-order valence-electron chi connectivity index (χ4n) is 3.03. The van der Waals surface area contributed by atoms with Crippen molar-refractivity contribution in [3.63, 3.8) is 0 Å². The van der Waals surface area contributed by atoms with Gasteiger partial charge >= 0.3 is 0 Å². The van der Waals surface area contributed by atoms with Gasteiger partial charge in [-0.2, -0.15) is 0 Å². The van der Waals surface area contributed by atoms with Gasteiger partial charge < -0.3 is 10.6 Å². The van der Waals surface area contributed by atoms with Crippen molar-refractivity contribution >= 4 is 47.7 Å². The zero-order valence-electron chi connectivity index (χ0n) is 14.8. The summed E-state index contributed by atoms with van der Waals surface area (Å²) in [5.74, 6) is -0.0182. The van der Waals surface area contributed by atoms with Crippen LogP contribution in [0.1, 0.15) is 23.5 Å². The molecule has 1 atom stereocenters. The number of hydrogen-bond donors (Lipinski definition) is 2. The van der Waals surface area contributed by atoms with Crippen LogP contribution in [0.3, 0.4) is 0 Å². The van der Waals surface area contributed by atoms with E-state index in [-0.39, 0.29) is 30.7 Å². The molecule has 8 heteroatoms. The lowest BCUT2D eigenvalue weighted by molar-refractivity contribution is -0.115. The fraction of sp³-hybridized carbons (Fsp3) is 0.444. The van der Waals surface area contributed by atoms with Crippen LogP contribution in [0, 0.1) is 0 Å². The number of likely N-dealkylation sites (tertiary alicyclic amines) is 1. The monoisotopic (exact) mass is 416 g/mol. The number of carbonyl (C=O) groups is 1. The molecule has 1 aliphatic heterocycles. The topological polar surface area (TPSA) is 57.3 Å². The lowest BCUT2D eigenvalue weighted by Crippen LogP contribution is -2.43. The van der Waals surface area contributed by atoms with Crippen molar-refractivity contribution in [2.75, 3.05) is 25.5 Å². The molecule has 1 amide bonds. The Hall–Kier alpha value is -1.18. The van der Waals surface area contributed by atoms with Crippen LogP contribution >= 0.6 is 36.2 Å². The molecule has 3 rings (SSSR count). The highest BCUT2D eigenvalue weighted by atomic mass is 35.5. The molecule has 1 unspecified atom stereocenters. The molecule has 2 aromatic rings. The van der Waals surface area contributed by atoms with Crippen molar-refractivity contribution in [1.82, 2.24) is 15.2 Å². The van der Waals surface area contributed by atoms with Crippen molar-refractivity contribution in [3.05, 3.63) is 46.4 Å². The summed E-state index contributed by atoms with van der Waals surface area (Å²) in [4.78, 5) is 19.2. The van der Waals surface area contributed by atoms with E-state index in [2.05, 4.69) is 25.9 Å². The highest BCUT2D eigenvalue weighted by Crippen LogP contribution is 2.17. The van der Waals surface area contributed by atoms with E-state index < -0.39 is 0 Å². The number of likely N-dealkylation sites (N-methyl/N-ethyl adjacent to an activating group) is 1. The van der Waals surface area contributed by atoms with Gasteiger partial charge in [-0.15, -0.1) is 36.2 Å². The number of hydrogen-bond acceptors (Lipinski definition) is 5. The Kier molecular flexibility index (Phi) is 10.1. The van der Waals surface area contributed by atoms with Crippen LogP contribution in [0.4, 0.5) is 5.69 Å². The third-order valence-electron chi connectivity index (χ3n) is 4.27. The summed E-state index contributed by atoms with van der Waals surface area (Å²) >= 11 is 1.57. The first-order valence-electron chi connectivity index (χ1n) is 8.41. The first kappa shape index (κ1) is 22.9. The number of amides is 1. The molecule has 1 fully saturated rings. The van der Waals surface area contributed by atoms with E-state index >= 15 is 0 Å². The highest BCUT2D eigenvalue weighted by molar-refractivity contribution is 7.09. The van der Waals surface area contributed by atoms with Crippen molar-refractivity contribution in [1.29, 1.82) is 0 Å². The van der Waals surface area contributed by atoms with Gasteiger partial charge in [-0.25, -0.2) is 4.98 Å². The molecule has 0 spiro atoms. The SMILES string of the molecule is CNC1CCCN(Cc2csc(CC(=O)Nc3ccccc3)n2)C1.Cl.Cl. The van der Waals surface area contributed by atoms with Gasteiger partial charge in [-0.05, 0) is 38.6 Å². The second kappa shape index (κ2) is 11.5. The molecular formula is C18H26Cl2N4OS. The van der Waals surface area contributed by atoms with Gasteiger partial charge in [0.25, 0.3) is 0 Å². The molecule has 0 bridgehead atoms. The Balaban J connectivity index is 0.00000169. The number of para-hydroxylation sites is 1. The lowest BCUT2D eigenvalue weighted by atomic mass is 10.1. The first-order valence-corrected chi connectivity index (χ1v) is 9.28. The smallest absolute Gasteiger partial charge is 0.231 e. The summed E-state index contributed by atoms with van der Waals surface area (Å²) in [6, 6.07) is 10.1. The van der Waals surface area contributed by atoms with Gasteiger partial charge in [0.1, 0.15) is 5.01 Å². The molecule has 144 valence electrons. The molecule has 0 radical (unpaired) electrons. The zero-order valence-corrected chi connectivity index (χ0v) is 17.3. The largest absolute Gasteiger partial charge is 0.326 e. The highest BCUT2D eigenvalue weighted by Gasteiger charge is 2.19. The molecule has 1 saturated heterocycles. The van der Waals surface area contributed by atoms with E-state index in [1.807, 2.05) is 37.4 Å². The lowest BCUT2D eigenvalue weighted by Gasteiger charge is -2.31. The molecular weight excluding hydrogens is 391 g/mol. The van der Waals surface area contributed by atoms with E-state index in [0.717, 1.165) is 36.0 Å². The number of nitrogens with zero attached hydrogens (tertiary/aromatic N) is 2. The summed E-state index contributed by atoms with van der Waals surface area (Å²) in [6.45, 7) is 3.06. The molecule has 1 aromatic heterocycles. The number of anilines is 1. The predicted octanol–water partition coefficient (Wildman–Crippen LogP) is 3.35. The Labute approximate surface area is 171 Å². The zero-order chi connectivity index (χ0) is 16.8. The maximum absolute atomic E-state index is 12.1. The quantitative estimate of drug-likeness (QED) is 0.757. The molecule has 1 aromatic carbocycles. The first-order chi connectivity index (χ1) is 11.7. The molecule has 1 aliphatic rings. The average molecular weight is 417 g/mol. The van der Waals surface area contributed by atoms with Crippen molar-refractivity contribution in [2.45, 2.75) is 31.8 Å². The van der Waals surface area contributed by atoms with Crippen LogP contribution in [-0.4, -0.2) is 42.0 Å². The van der Waals surface area contributed by atoms with Gasteiger partial charge in [-0.1, -0.05) is 18.2 Å². The number of halogens is 2. The number of thiazole rings is 1. The minimum atomic E-state index is -0.0182. The molecule has 26 heavy (non-hydrogen) atoms. The molecule has 0 aliphatic carbocycles. The Morgan fingerprint density at radius 2 is 2.08 bits per heavy atom. The van der Waals surface area contributed by atoms with Crippen LogP contribution in [0.15, 0.2) is 35.7 Å². The second-order valence-corrected chi connectivity index (χ2v) is 7.13. The fourth-order valence-corrected chi connectivity index (χ4v) is 3.81. The molecule has 2 N–H and O–H groups in total. The number of carbonyl (C=O) groups excluding carboxylic acids is 1. The number of benzene rings is 1. The van der Waals surface area contributed by atoms with E-state index in [4.69, 9.17) is 0 Å². The third-order valence-corrected chi connectivity index (χ3v) is 5.17. The standard InChI is InChI=1S/C18H24N4OS.2ClH/c1-19-15-8-5-9-22(11-15)12-16-13-24-18(21-16)10-17(23)20-14-6-3-2-4-7-14;;/h2-4,6-7,13,15,19H,5,8-12H2,1H3,(H,20,23);2*1H. The minimum Gasteiger partial charge on any atom is -0.326 e. The summed E-state index contributed by atoms with van der Waals surface area (Å²) in [5, 5.41) is 9.22. The van der Waals surface area contributed by atoms with E-state index in [1.165, 1.54) is 12.8 Å². The molecule has 5 nitrogen and oxygen atoms in total. The minimum absolute atomic E-state index is 0. The van der Waals surface area contributed by atoms with Crippen LogP contribution in [0.25, 0.3) is 0 Å². The van der Waals surface area contributed by atoms with Crippen LogP contribution in [0.5, 0.6) is 0 Å². The van der Waals surface area contributed by atoms with Gasteiger partial charge in [0.05, 0.1) is 12.1 Å². The Morgan fingerprint density at radius 1 is 1.31 bits per heavy atom. The van der Waals surface area contributed by atoms with Crippen molar-refractivity contribution < 1.29 is 4.79 Å². The maximum atomic E-state index is 12.1. The van der Waals surface area contributed by atoms with Crippen LogP contribution < -0.4 is 10.6 Å². The van der Waals surface area contributed by atoms with E-state index in [9.17, 15) is 4.79 Å². The number of aromatic nitrogens is 1. The third kappa shape index (κ3) is 6.85. The number of rotatable bonds is 6. The molecule has 2 heterocycles. The van der Waals surface area contributed by atoms with Gasteiger partial charge in [0, 0.05) is 30.2 Å².